The van der Waals surface area contributed by atoms with Crippen LogP contribution in [-0.2, 0) is 16.1 Å². The fourth-order valence-corrected chi connectivity index (χ4v) is 3.57. The molecule has 0 bridgehead atoms. The van der Waals surface area contributed by atoms with Crippen LogP contribution in [0.4, 0.5) is 0 Å². The van der Waals surface area contributed by atoms with E-state index in [2.05, 4.69) is 4.98 Å². The molecule has 3 atom stereocenters. The number of hydrogen-bond donors (Lipinski definition) is 0. The lowest BCUT2D eigenvalue weighted by molar-refractivity contribution is -0.109. The number of pyridine rings is 1. The Balaban J connectivity index is 1.42. The van der Waals surface area contributed by atoms with Gasteiger partial charge in [0.15, 0.2) is 0 Å². The van der Waals surface area contributed by atoms with Crippen LogP contribution in [-0.4, -0.2) is 47.2 Å². The third kappa shape index (κ3) is 2.95. The number of morpholine rings is 1. The molecule has 2 aliphatic rings. The van der Waals surface area contributed by atoms with Gasteiger partial charge in [-0.15, -0.1) is 0 Å². The lowest BCUT2D eigenvalue weighted by Gasteiger charge is -2.38. The lowest BCUT2D eigenvalue weighted by atomic mass is 10.1. The number of fused-ring (bicyclic) bond motifs is 1. The molecule has 24 heavy (non-hydrogen) atoms. The van der Waals surface area contributed by atoms with Gasteiger partial charge < -0.3 is 18.8 Å². The quantitative estimate of drug-likeness (QED) is 0.861. The van der Waals surface area contributed by atoms with Gasteiger partial charge in [0.1, 0.15) is 12.4 Å². The normalized spacial score (nSPS) is 26.3. The van der Waals surface area contributed by atoms with Crippen molar-refractivity contribution in [1.29, 1.82) is 0 Å². The molecule has 0 aromatic carbocycles. The minimum atomic E-state index is -0.0710. The maximum Gasteiger partial charge on any atom is 0.257 e. The van der Waals surface area contributed by atoms with E-state index in [0.29, 0.717) is 25.3 Å². The van der Waals surface area contributed by atoms with Crippen LogP contribution in [0.15, 0.2) is 47.4 Å². The van der Waals surface area contributed by atoms with E-state index in [9.17, 15) is 4.79 Å². The second-order valence-corrected chi connectivity index (χ2v) is 6.16. The Morgan fingerprint density at radius 3 is 3.08 bits per heavy atom. The molecule has 126 valence electrons. The minimum Gasteiger partial charge on any atom is -0.472 e. The highest BCUT2D eigenvalue weighted by molar-refractivity contribution is 5.94. The molecule has 2 aromatic rings. The molecule has 1 amide bonds. The molecule has 4 rings (SSSR count). The van der Waals surface area contributed by atoms with Gasteiger partial charge in [0.25, 0.3) is 5.91 Å². The Morgan fingerprint density at radius 2 is 2.29 bits per heavy atom. The summed E-state index contributed by atoms with van der Waals surface area (Å²) < 4.78 is 17.0. The van der Waals surface area contributed by atoms with Gasteiger partial charge in [-0.25, -0.2) is 0 Å². The number of nitrogens with zero attached hydrogens (tertiary/aromatic N) is 2. The lowest BCUT2D eigenvalue weighted by Crippen LogP contribution is -2.53. The average molecular weight is 328 g/mol. The van der Waals surface area contributed by atoms with Gasteiger partial charge in [-0.3, -0.25) is 9.78 Å². The predicted octanol–water partition coefficient (Wildman–Crippen LogP) is 2.26. The van der Waals surface area contributed by atoms with Crippen LogP contribution in [0.3, 0.4) is 0 Å². The summed E-state index contributed by atoms with van der Waals surface area (Å²) >= 11 is 0. The number of carbonyl (C=O) groups excluding carboxylic acids is 1. The van der Waals surface area contributed by atoms with Gasteiger partial charge in [0.05, 0.1) is 42.9 Å². The Kier molecular flexibility index (Phi) is 4.32. The number of furan rings is 1. The summed E-state index contributed by atoms with van der Waals surface area (Å²) in [7, 11) is 0. The zero-order valence-electron chi connectivity index (χ0n) is 13.3. The monoisotopic (exact) mass is 328 g/mol. The van der Waals surface area contributed by atoms with Crippen molar-refractivity contribution in [2.24, 2.45) is 0 Å². The molecule has 0 spiro atoms. The zero-order chi connectivity index (χ0) is 16.4. The summed E-state index contributed by atoms with van der Waals surface area (Å²) in [6.07, 6.45) is 6.49. The van der Waals surface area contributed by atoms with Crippen LogP contribution in [0.25, 0.3) is 0 Å². The molecule has 2 aromatic heterocycles. The van der Waals surface area contributed by atoms with Crippen molar-refractivity contribution in [2.75, 3.05) is 13.2 Å². The van der Waals surface area contributed by atoms with Crippen LogP contribution in [0.5, 0.6) is 0 Å². The van der Waals surface area contributed by atoms with Crippen LogP contribution in [0.2, 0.25) is 0 Å². The molecule has 0 radical (unpaired) electrons. The molecule has 3 heterocycles. The van der Waals surface area contributed by atoms with Gasteiger partial charge in [-0.1, -0.05) is 6.07 Å². The van der Waals surface area contributed by atoms with Gasteiger partial charge in [-0.2, -0.15) is 0 Å². The molecule has 1 aliphatic carbocycles. The van der Waals surface area contributed by atoms with E-state index in [-0.39, 0.29) is 24.2 Å². The fourth-order valence-electron chi connectivity index (χ4n) is 3.57. The van der Waals surface area contributed by atoms with Gasteiger partial charge in [-0.05, 0) is 31.0 Å². The second-order valence-electron chi connectivity index (χ2n) is 6.16. The fraction of sp³-hybridized carbons (Fsp3) is 0.444. The number of hydrogen-bond acceptors (Lipinski definition) is 5. The Hall–Kier alpha value is -2.18. The Bertz CT molecular complexity index is 674. The highest BCUT2D eigenvalue weighted by Crippen LogP contribution is 2.33. The molecule has 1 saturated carbocycles. The molecule has 0 N–H and O–H groups in total. The smallest absolute Gasteiger partial charge is 0.257 e. The maximum absolute atomic E-state index is 12.6. The van der Waals surface area contributed by atoms with E-state index in [0.717, 1.165) is 18.5 Å². The first-order valence-electron chi connectivity index (χ1n) is 8.29. The van der Waals surface area contributed by atoms with Gasteiger partial charge in [0, 0.05) is 12.7 Å². The molecule has 6 heteroatoms. The van der Waals surface area contributed by atoms with Crippen molar-refractivity contribution in [1.82, 2.24) is 9.88 Å². The van der Waals surface area contributed by atoms with Crippen molar-refractivity contribution in [2.45, 2.75) is 37.7 Å². The summed E-state index contributed by atoms with van der Waals surface area (Å²) in [6, 6.07) is 7.55. The molecular formula is C18H20N2O4. The van der Waals surface area contributed by atoms with Crippen LogP contribution < -0.4 is 0 Å². The standard InChI is InChI=1S/C18H20N2O4/c21-18(13-6-9-22-11-13)20-8-10-23-17-15(20)4-5-16(17)24-12-14-3-1-2-7-19-14/h1-3,6-7,9,11,15-17H,4-5,8,10,12H2/t15-,16+,17+/m0/s1. The van der Waals surface area contributed by atoms with Gasteiger partial charge in [0.2, 0.25) is 0 Å². The van der Waals surface area contributed by atoms with E-state index in [4.69, 9.17) is 13.9 Å². The summed E-state index contributed by atoms with van der Waals surface area (Å²) in [5.74, 6) is 0.00688. The number of carbonyl (C=O) groups is 1. The van der Waals surface area contributed by atoms with E-state index in [1.165, 1.54) is 12.5 Å². The minimum absolute atomic E-state index is 0.00282. The van der Waals surface area contributed by atoms with Crippen molar-refractivity contribution < 1.29 is 18.7 Å². The highest BCUT2D eigenvalue weighted by Gasteiger charge is 2.45. The first kappa shape index (κ1) is 15.4. The second kappa shape index (κ2) is 6.75. The maximum atomic E-state index is 12.6. The number of ether oxygens (including phenoxy) is 2. The number of rotatable bonds is 4. The Labute approximate surface area is 140 Å². The first-order chi connectivity index (χ1) is 11.8. The average Bonchev–Trinajstić information content (AvgIpc) is 3.30. The number of aromatic nitrogens is 1. The van der Waals surface area contributed by atoms with Crippen molar-refractivity contribution in [3.8, 4) is 0 Å². The first-order valence-corrected chi connectivity index (χ1v) is 8.29. The number of amides is 1. The summed E-state index contributed by atoms with van der Waals surface area (Å²) in [4.78, 5) is 18.8. The molecule has 6 nitrogen and oxygen atoms in total. The van der Waals surface area contributed by atoms with Crippen LogP contribution in [0, 0.1) is 0 Å². The van der Waals surface area contributed by atoms with Crippen molar-refractivity contribution in [3.63, 3.8) is 0 Å². The van der Waals surface area contributed by atoms with Crippen LogP contribution >= 0.6 is 0 Å². The highest BCUT2D eigenvalue weighted by atomic mass is 16.5. The van der Waals surface area contributed by atoms with E-state index in [1.54, 1.807) is 12.3 Å². The Morgan fingerprint density at radius 1 is 1.33 bits per heavy atom. The third-order valence-electron chi connectivity index (χ3n) is 4.74. The van der Waals surface area contributed by atoms with E-state index >= 15 is 0 Å². The van der Waals surface area contributed by atoms with Crippen LogP contribution in [0.1, 0.15) is 28.9 Å². The third-order valence-corrected chi connectivity index (χ3v) is 4.74. The van der Waals surface area contributed by atoms with Gasteiger partial charge >= 0.3 is 0 Å². The summed E-state index contributed by atoms with van der Waals surface area (Å²) in [5, 5.41) is 0. The largest absolute Gasteiger partial charge is 0.472 e. The van der Waals surface area contributed by atoms with Crippen molar-refractivity contribution in [3.05, 3.63) is 54.2 Å². The molecule has 0 unspecified atom stereocenters. The molecular weight excluding hydrogens is 308 g/mol. The molecule has 1 aliphatic heterocycles. The van der Waals surface area contributed by atoms with E-state index in [1.807, 2.05) is 23.1 Å². The predicted molar refractivity (Wildman–Crippen MR) is 85.3 cm³/mol. The molecule has 1 saturated heterocycles. The van der Waals surface area contributed by atoms with Crippen molar-refractivity contribution >= 4 is 5.91 Å². The molecule has 2 fully saturated rings. The topological polar surface area (TPSA) is 64.8 Å². The summed E-state index contributed by atoms with van der Waals surface area (Å²) in [6.45, 7) is 1.61. The SMILES string of the molecule is O=C(c1ccoc1)N1CCO[C@H]2[C@H](OCc3ccccn3)CC[C@@H]21. The zero-order valence-corrected chi connectivity index (χ0v) is 13.3. The van der Waals surface area contributed by atoms with E-state index < -0.39 is 0 Å². The summed E-state index contributed by atoms with van der Waals surface area (Å²) in [5.41, 5.74) is 1.50.